The first-order valence-electron chi connectivity index (χ1n) is 6.79. The molecule has 2 rings (SSSR count). The van der Waals surface area contributed by atoms with Crippen LogP contribution >= 0.6 is 0 Å². The fourth-order valence-corrected chi connectivity index (χ4v) is 2.25. The highest BCUT2D eigenvalue weighted by atomic mass is 16.5. The molecular weight excluding hydrogens is 296 g/mol. The molecule has 1 aromatic heterocycles. The van der Waals surface area contributed by atoms with Crippen LogP contribution in [0.5, 0.6) is 5.75 Å². The standard InChI is InChI=1S/C16H18N4O3/c1-19(2)11-5-6-12(13(7-11)22-3)20-9-10(8-17)14(18)15(20)16(21)23-4/h5-7,9H,18H2,1-4H3. The summed E-state index contributed by atoms with van der Waals surface area (Å²) in [6, 6.07) is 7.47. The molecule has 0 spiro atoms. The van der Waals surface area contributed by atoms with Gasteiger partial charge in [-0.2, -0.15) is 5.26 Å². The zero-order chi connectivity index (χ0) is 17.1. The molecule has 0 radical (unpaired) electrons. The highest BCUT2D eigenvalue weighted by molar-refractivity contribution is 5.96. The topological polar surface area (TPSA) is 93.5 Å². The van der Waals surface area contributed by atoms with Gasteiger partial charge in [0.25, 0.3) is 0 Å². The van der Waals surface area contributed by atoms with E-state index in [1.165, 1.54) is 25.0 Å². The molecule has 2 aromatic rings. The number of nitrogens with zero attached hydrogens (tertiary/aromatic N) is 3. The van der Waals surface area contributed by atoms with Gasteiger partial charge in [-0.05, 0) is 12.1 Å². The first-order valence-corrected chi connectivity index (χ1v) is 6.79. The van der Waals surface area contributed by atoms with Crippen molar-refractivity contribution in [2.24, 2.45) is 0 Å². The number of nitrogens with two attached hydrogens (primary N) is 1. The highest BCUT2D eigenvalue weighted by Crippen LogP contribution is 2.32. The number of hydrogen-bond donors (Lipinski definition) is 1. The van der Waals surface area contributed by atoms with Crippen molar-refractivity contribution in [3.8, 4) is 17.5 Å². The molecule has 120 valence electrons. The van der Waals surface area contributed by atoms with Crippen LogP contribution in [0.25, 0.3) is 5.69 Å². The van der Waals surface area contributed by atoms with Crippen molar-refractivity contribution in [3.05, 3.63) is 35.7 Å². The second-order valence-corrected chi connectivity index (χ2v) is 5.03. The van der Waals surface area contributed by atoms with Crippen LogP contribution in [0.15, 0.2) is 24.4 Å². The van der Waals surface area contributed by atoms with Gasteiger partial charge in [0.15, 0.2) is 5.69 Å². The Labute approximate surface area is 134 Å². The molecule has 1 aromatic carbocycles. The number of esters is 1. The van der Waals surface area contributed by atoms with Crippen LogP contribution in [0.2, 0.25) is 0 Å². The van der Waals surface area contributed by atoms with E-state index >= 15 is 0 Å². The molecule has 0 aliphatic carbocycles. The van der Waals surface area contributed by atoms with Crippen LogP contribution in [0, 0.1) is 11.3 Å². The number of aromatic nitrogens is 1. The van der Waals surface area contributed by atoms with Crippen LogP contribution in [-0.2, 0) is 4.74 Å². The van der Waals surface area contributed by atoms with Crippen molar-refractivity contribution in [1.29, 1.82) is 5.26 Å². The minimum Gasteiger partial charge on any atom is -0.494 e. The van der Waals surface area contributed by atoms with E-state index in [0.29, 0.717) is 11.4 Å². The zero-order valence-electron chi connectivity index (χ0n) is 13.5. The predicted molar refractivity (Wildman–Crippen MR) is 87.1 cm³/mol. The van der Waals surface area contributed by atoms with Crippen LogP contribution in [0.1, 0.15) is 16.1 Å². The maximum Gasteiger partial charge on any atom is 0.357 e. The molecule has 0 saturated carbocycles. The molecule has 0 aliphatic rings. The lowest BCUT2D eigenvalue weighted by Crippen LogP contribution is -2.13. The summed E-state index contributed by atoms with van der Waals surface area (Å²) in [6.45, 7) is 0. The first kappa shape index (κ1) is 16.2. The summed E-state index contributed by atoms with van der Waals surface area (Å²) in [5, 5.41) is 9.17. The lowest BCUT2D eigenvalue weighted by molar-refractivity contribution is 0.0593. The molecular formula is C16H18N4O3. The van der Waals surface area contributed by atoms with Gasteiger partial charge in [-0.15, -0.1) is 0 Å². The molecule has 0 atom stereocenters. The minimum absolute atomic E-state index is 0.0816. The third-order valence-corrected chi connectivity index (χ3v) is 3.48. The molecule has 0 fully saturated rings. The van der Waals surface area contributed by atoms with Crippen molar-refractivity contribution in [2.45, 2.75) is 0 Å². The van der Waals surface area contributed by atoms with E-state index in [2.05, 4.69) is 0 Å². The number of rotatable bonds is 4. The highest BCUT2D eigenvalue weighted by Gasteiger charge is 2.23. The summed E-state index contributed by atoms with van der Waals surface area (Å²) in [4.78, 5) is 14.0. The zero-order valence-corrected chi connectivity index (χ0v) is 13.5. The third-order valence-electron chi connectivity index (χ3n) is 3.48. The van der Waals surface area contributed by atoms with Gasteiger partial charge in [-0.25, -0.2) is 4.79 Å². The third kappa shape index (κ3) is 2.79. The minimum atomic E-state index is -0.622. The number of ether oxygens (including phenoxy) is 2. The van der Waals surface area contributed by atoms with Gasteiger partial charge in [-0.1, -0.05) is 0 Å². The Kier molecular flexibility index (Phi) is 4.46. The Morgan fingerprint density at radius 3 is 2.57 bits per heavy atom. The molecule has 2 N–H and O–H groups in total. The van der Waals surface area contributed by atoms with Gasteiger partial charge < -0.3 is 24.7 Å². The fourth-order valence-electron chi connectivity index (χ4n) is 2.25. The van der Waals surface area contributed by atoms with Gasteiger partial charge in [0, 0.05) is 32.0 Å². The number of hydrogen-bond acceptors (Lipinski definition) is 6. The molecule has 0 saturated heterocycles. The number of benzene rings is 1. The lowest BCUT2D eigenvalue weighted by Gasteiger charge is -2.17. The normalized spacial score (nSPS) is 10.0. The summed E-state index contributed by atoms with van der Waals surface area (Å²) >= 11 is 0. The van der Waals surface area contributed by atoms with Crippen molar-refractivity contribution in [2.75, 3.05) is 38.9 Å². The maximum atomic E-state index is 12.1. The van der Waals surface area contributed by atoms with Crippen LogP contribution < -0.4 is 15.4 Å². The molecule has 0 unspecified atom stereocenters. The molecule has 0 aliphatic heterocycles. The van der Waals surface area contributed by atoms with Crippen LogP contribution in [0.4, 0.5) is 11.4 Å². The average Bonchev–Trinajstić information content (AvgIpc) is 2.89. The molecule has 7 nitrogen and oxygen atoms in total. The van der Waals surface area contributed by atoms with Gasteiger partial charge >= 0.3 is 5.97 Å². The quantitative estimate of drug-likeness (QED) is 0.865. The predicted octanol–water partition coefficient (Wildman–Crippen LogP) is 1.79. The summed E-state index contributed by atoms with van der Waals surface area (Å²) in [7, 11) is 6.62. The Morgan fingerprint density at radius 1 is 1.35 bits per heavy atom. The molecule has 0 bridgehead atoms. The van der Waals surface area contributed by atoms with Crippen LogP contribution in [-0.4, -0.2) is 38.9 Å². The average molecular weight is 314 g/mol. The van der Waals surface area contributed by atoms with E-state index < -0.39 is 5.97 Å². The number of methoxy groups -OCH3 is 2. The number of carbonyl (C=O) groups excluding carboxylic acids is 1. The summed E-state index contributed by atoms with van der Waals surface area (Å²) < 4.78 is 11.7. The second kappa shape index (κ2) is 6.32. The smallest absolute Gasteiger partial charge is 0.357 e. The number of anilines is 2. The number of nitriles is 1. The Bertz CT molecular complexity index is 787. The number of nitrogen functional groups attached to an aromatic ring is 1. The van der Waals surface area contributed by atoms with Crippen molar-refractivity contribution >= 4 is 17.3 Å². The van der Waals surface area contributed by atoms with E-state index in [4.69, 9.17) is 20.5 Å². The largest absolute Gasteiger partial charge is 0.494 e. The van der Waals surface area contributed by atoms with E-state index in [1.54, 1.807) is 6.07 Å². The van der Waals surface area contributed by atoms with E-state index in [-0.39, 0.29) is 16.9 Å². The van der Waals surface area contributed by atoms with Gasteiger partial charge in [0.2, 0.25) is 0 Å². The summed E-state index contributed by atoms with van der Waals surface area (Å²) in [6.07, 6.45) is 1.49. The Morgan fingerprint density at radius 2 is 2.04 bits per heavy atom. The summed E-state index contributed by atoms with van der Waals surface area (Å²) in [5.41, 5.74) is 7.81. The van der Waals surface area contributed by atoms with Crippen molar-refractivity contribution in [3.63, 3.8) is 0 Å². The van der Waals surface area contributed by atoms with Crippen LogP contribution in [0.3, 0.4) is 0 Å². The molecule has 1 heterocycles. The molecule has 23 heavy (non-hydrogen) atoms. The van der Waals surface area contributed by atoms with Gasteiger partial charge in [-0.3, -0.25) is 0 Å². The van der Waals surface area contributed by atoms with Crippen molar-refractivity contribution < 1.29 is 14.3 Å². The molecule has 7 heteroatoms. The summed E-state index contributed by atoms with van der Waals surface area (Å²) in [5.74, 6) is -0.0800. The van der Waals surface area contributed by atoms with Crippen molar-refractivity contribution in [1.82, 2.24) is 4.57 Å². The van der Waals surface area contributed by atoms with E-state index in [0.717, 1.165) is 5.69 Å². The number of carbonyl (C=O) groups is 1. The van der Waals surface area contributed by atoms with E-state index in [9.17, 15) is 4.79 Å². The SMILES string of the molecule is COC(=O)c1c(N)c(C#N)cn1-c1ccc(N(C)C)cc1OC. The van der Waals surface area contributed by atoms with E-state index in [1.807, 2.05) is 37.2 Å². The first-order chi connectivity index (χ1) is 10.9. The Balaban J connectivity index is 2.72. The van der Waals surface area contributed by atoms with Gasteiger partial charge in [0.1, 0.15) is 11.8 Å². The lowest BCUT2D eigenvalue weighted by atomic mass is 10.2. The monoisotopic (exact) mass is 314 g/mol. The second-order valence-electron chi connectivity index (χ2n) is 5.03. The fraction of sp³-hybridized carbons (Fsp3) is 0.250. The van der Waals surface area contributed by atoms with Gasteiger partial charge in [0.05, 0.1) is 31.2 Å². The maximum absolute atomic E-state index is 12.1. The Hall–Kier alpha value is -3.14. The molecule has 0 amide bonds.